The Hall–Kier alpha value is -3.32. The molecule has 20 unspecified atom stereocenters. The van der Waals surface area contributed by atoms with Gasteiger partial charge < -0.3 is 87.0 Å². The zero-order valence-corrected chi connectivity index (χ0v) is 46.3. The summed E-state index contributed by atoms with van der Waals surface area (Å²) >= 11 is 0. The normalized spacial score (nSPS) is 38.7. The monoisotopic (exact) mass is 1090 g/mol. The number of allylic oxidation sites excluding steroid dienone is 1. The summed E-state index contributed by atoms with van der Waals surface area (Å²) in [4.78, 5) is 41.6. The number of rotatable bonds is 13. The van der Waals surface area contributed by atoms with Gasteiger partial charge in [0.25, 0.3) is 0 Å². The summed E-state index contributed by atoms with van der Waals surface area (Å²) in [5.74, 6) is -8.54. The Bertz CT molecular complexity index is 1790. The van der Waals surface area contributed by atoms with Crippen molar-refractivity contribution in [3.63, 3.8) is 0 Å². The summed E-state index contributed by atoms with van der Waals surface area (Å²) in [6.07, 6.45) is -6.89. The van der Waals surface area contributed by atoms with Gasteiger partial charge in [0.2, 0.25) is 0 Å². The Morgan fingerprint density at radius 2 is 1.33 bits per heavy atom. The zero-order chi connectivity index (χ0) is 57.4. The maximum Gasteiger partial charge on any atom is 0.333 e. The van der Waals surface area contributed by atoms with Gasteiger partial charge in [-0.05, 0) is 82.5 Å². The minimum atomic E-state index is -2.53. The molecule has 2 rings (SSSR count). The number of ether oxygens (including phenoxy) is 3. The minimum Gasteiger partial charge on any atom is -0.481 e. The van der Waals surface area contributed by atoms with Gasteiger partial charge in [0.15, 0.2) is 11.7 Å². The van der Waals surface area contributed by atoms with Crippen molar-refractivity contribution >= 4 is 23.9 Å². The number of hydrogen-bond acceptors (Lipinski definition) is 18. The molecule has 0 amide bonds. The summed E-state index contributed by atoms with van der Waals surface area (Å²) in [7, 11) is 0. The standard InChI is InChI=1S/C55H99N3O18/c1-31-16-14-17-35(5)53(72)75-51(33(3)15-12-10-8-9-11-13-22-58-54(56)57)34(4)19-21-43(62)36(6)45(64)25-39(60)23-38(59)24-40(74-50(70)29-49(68)69)26-41-27-47(66)52(71)55(73,76-41)30-48(67)32(2)18-20-42(61)37(7)46(65)28-44(31)63/h17,19,21,31-34,36-48,51-52,59-67,71,73H,8-16,18,20,22-30H2,1-7H3,(H,68,69)(H4,56,57,58)/b21-19+,35-17+. The summed E-state index contributed by atoms with van der Waals surface area (Å²) in [5.41, 5.74) is 11.2. The van der Waals surface area contributed by atoms with E-state index in [-0.39, 0.29) is 75.1 Å². The number of nitrogens with zero attached hydrogens (tertiary/aromatic N) is 1. The number of fused-ring (bicyclic) bond motifs is 2. The van der Waals surface area contributed by atoms with Crippen LogP contribution in [0.25, 0.3) is 0 Å². The topological polar surface area (TPSA) is 386 Å². The first kappa shape index (κ1) is 68.8. The Labute approximate surface area is 450 Å². The molecule has 1 saturated heterocycles. The van der Waals surface area contributed by atoms with Gasteiger partial charge >= 0.3 is 17.9 Å². The molecule has 0 radical (unpaired) electrons. The second-order valence-electron chi connectivity index (χ2n) is 22.6. The first-order valence-corrected chi connectivity index (χ1v) is 27.8. The van der Waals surface area contributed by atoms with Gasteiger partial charge in [0.05, 0.1) is 61.0 Å². The molecule has 16 N–H and O–H groups in total. The third-order valence-electron chi connectivity index (χ3n) is 15.7. The highest BCUT2D eigenvalue weighted by molar-refractivity contribution is 5.90. The second kappa shape index (κ2) is 34.6. The Morgan fingerprint density at radius 1 is 0.724 bits per heavy atom. The molecule has 21 heteroatoms. The fourth-order valence-corrected chi connectivity index (χ4v) is 10.2. The van der Waals surface area contributed by atoms with Crippen LogP contribution in [0.5, 0.6) is 0 Å². The second-order valence-corrected chi connectivity index (χ2v) is 22.6. The lowest BCUT2D eigenvalue weighted by atomic mass is 9.83. The number of unbranched alkanes of at least 4 members (excludes halogenated alkanes) is 5. The predicted molar refractivity (Wildman–Crippen MR) is 284 cm³/mol. The summed E-state index contributed by atoms with van der Waals surface area (Å²) in [6.45, 7) is 12.8. The van der Waals surface area contributed by atoms with Crippen molar-refractivity contribution in [2.75, 3.05) is 6.54 Å². The third kappa shape index (κ3) is 25.2. The number of aliphatic imine (C=N–C) groups is 1. The van der Waals surface area contributed by atoms with Crippen LogP contribution in [0.15, 0.2) is 28.8 Å². The number of aliphatic hydroxyl groups excluding tert-OH is 10. The molecule has 76 heavy (non-hydrogen) atoms. The van der Waals surface area contributed by atoms with Crippen LogP contribution in [0.4, 0.5) is 0 Å². The number of aliphatic hydroxyl groups is 11. The van der Waals surface area contributed by atoms with Gasteiger partial charge in [-0.15, -0.1) is 0 Å². The quantitative estimate of drug-likeness (QED) is 0.0315. The fourth-order valence-electron chi connectivity index (χ4n) is 10.2. The number of carboxylic acids is 1. The van der Waals surface area contributed by atoms with Crippen LogP contribution in [0.3, 0.4) is 0 Å². The molecule has 2 heterocycles. The highest BCUT2D eigenvalue weighted by Gasteiger charge is 2.50. The van der Waals surface area contributed by atoms with Crippen LogP contribution in [0, 0.1) is 35.5 Å². The Balaban J connectivity index is 2.41. The number of esters is 2. The van der Waals surface area contributed by atoms with E-state index >= 15 is 0 Å². The van der Waals surface area contributed by atoms with Gasteiger partial charge in [-0.3, -0.25) is 14.6 Å². The summed E-state index contributed by atoms with van der Waals surface area (Å²) in [6, 6.07) is 0. The molecule has 442 valence electrons. The van der Waals surface area contributed by atoms with E-state index in [1.807, 2.05) is 20.8 Å². The average molecular weight is 1090 g/mol. The van der Waals surface area contributed by atoms with Crippen molar-refractivity contribution in [2.24, 2.45) is 52.0 Å². The highest BCUT2D eigenvalue weighted by atomic mass is 16.7. The number of cyclic esters (lactones) is 1. The van der Waals surface area contributed by atoms with Crippen molar-refractivity contribution in [1.82, 2.24) is 0 Å². The largest absolute Gasteiger partial charge is 0.481 e. The molecule has 20 atom stereocenters. The van der Waals surface area contributed by atoms with Crippen molar-refractivity contribution in [3.05, 3.63) is 23.8 Å². The summed E-state index contributed by atoms with van der Waals surface area (Å²) < 4.78 is 17.5. The smallest absolute Gasteiger partial charge is 0.333 e. The van der Waals surface area contributed by atoms with Gasteiger partial charge in [-0.1, -0.05) is 91.9 Å². The average Bonchev–Trinajstić information content (AvgIpc) is 3.33. The van der Waals surface area contributed by atoms with Crippen molar-refractivity contribution < 1.29 is 89.9 Å². The number of carboxylic acid groups (broad SMARTS) is 1. The molecule has 2 aliphatic heterocycles. The van der Waals surface area contributed by atoms with E-state index in [2.05, 4.69) is 4.99 Å². The van der Waals surface area contributed by atoms with Crippen molar-refractivity contribution in [1.29, 1.82) is 0 Å². The fraction of sp³-hybridized carbons (Fsp3) is 0.855. The number of hydrogen-bond donors (Lipinski definition) is 14. The van der Waals surface area contributed by atoms with Gasteiger partial charge in [-0.25, -0.2) is 4.79 Å². The number of carbonyl (C=O) groups is 3. The number of carbonyl (C=O) groups excluding carboxylic acids is 2. The van der Waals surface area contributed by atoms with E-state index in [0.717, 1.165) is 44.9 Å². The van der Waals surface area contributed by atoms with Gasteiger partial charge in [-0.2, -0.15) is 0 Å². The number of aliphatic carboxylic acids is 1. The van der Waals surface area contributed by atoms with Crippen LogP contribution in [0.1, 0.15) is 170 Å². The predicted octanol–water partition coefficient (Wildman–Crippen LogP) is 2.61. The molecular weight excluding hydrogens is 991 g/mol. The SMILES string of the molecule is C/C1=C\CCC(C)C(O)CC(O)C(C)C(O)CCC(C)C(O)CC2(O)OC(CC(OC(=O)CC(=O)O)CC(O)CC(O)CC(O)C(C)C(O)/C=C/C(C)C(C(C)CCCCCCCCN=C(N)N)OC1=O)CC(O)C2O. The Morgan fingerprint density at radius 3 is 1.97 bits per heavy atom. The van der Waals surface area contributed by atoms with Gasteiger partial charge in [0, 0.05) is 55.6 Å². The molecule has 0 aromatic heterocycles. The molecule has 2 aliphatic rings. The van der Waals surface area contributed by atoms with Crippen LogP contribution >= 0.6 is 0 Å². The van der Waals surface area contributed by atoms with Crippen LogP contribution in [-0.4, -0.2) is 177 Å². The van der Waals surface area contributed by atoms with E-state index in [1.165, 1.54) is 6.08 Å². The number of nitrogens with two attached hydrogens (primary N) is 2. The molecule has 0 aromatic rings. The molecule has 0 saturated carbocycles. The molecule has 21 nitrogen and oxygen atoms in total. The zero-order valence-electron chi connectivity index (χ0n) is 46.3. The minimum absolute atomic E-state index is 0.0363. The van der Waals surface area contributed by atoms with Crippen LogP contribution < -0.4 is 11.5 Å². The van der Waals surface area contributed by atoms with E-state index in [1.54, 1.807) is 39.8 Å². The lowest BCUT2D eigenvalue weighted by molar-refractivity contribution is -0.333. The van der Waals surface area contributed by atoms with E-state index in [0.29, 0.717) is 25.0 Å². The maximum absolute atomic E-state index is 13.7. The van der Waals surface area contributed by atoms with E-state index in [9.17, 15) is 75.7 Å². The first-order valence-electron chi connectivity index (χ1n) is 27.8. The lowest BCUT2D eigenvalue weighted by Gasteiger charge is -2.45. The van der Waals surface area contributed by atoms with Gasteiger partial charge in [0.1, 0.15) is 24.7 Å². The third-order valence-corrected chi connectivity index (χ3v) is 15.7. The highest BCUT2D eigenvalue weighted by Crippen LogP contribution is 2.36. The van der Waals surface area contributed by atoms with Crippen LogP contribution in [0.2, 0.25) is 0 Å². The van der Waals surface area contributed by atoms with Crippen molar-refractivity contribution in [3.8, 4) is 0 Å². The number of guanidine groups is 1. The molecule has 0 spiro atoms. The lowest BCUT2D eigenvalue weighted by Crippen LogP contribution is -2.60. The molecular formula is C55H99N3O18. The Kier molecular flexibility index (Phi) is 31.3. The first-order chi connectivity index (χ1) is 35.5. The van der Waals surface area contributed by atoms with E-state index in [4.69, 9.17) is 25.7 Å². The molecule has 1 fully saturated rings. The molecule has 0 aliphatic carbocycles. The van der Waals surface area contributed by atoms with Crippen LogP contribution in [-0.2, 0) is 28.6 Å². The molecule has 0 aromatic carbocycles. The maximum atomic E-state index is 13.7. The van der Waals surface area contributed by atoms with E-state index < -0.39 is 134 Å². The van der Waals surface area contributed by atoms with Crippen molar-refractivity contribution in [2.45, 2.75) is 256 Å². The molecule has 2 bridgehead atoms. The summed E-state index contributed by atoms with van der Waals surface area (Å²) in [5, 5.41) is 132.